The third-order valence-corrected chi connectivity index (χ3v) is 8.59. The lowest BCUT2D eigenvalue weighted by Gasteiger charge is -2.30. The normalized spacial score (nSPS) is 18.1. The topological polar surface area (TPSA) is 71.9 Å². The molecule has 1 saturated carbocycles. The summed E-state index contributed by atoms with van der Waals surface area (Å²) in [4.78, 5) is 18.4. The number of hydrogen-bond donors (Lipinski definition) is 1. The van der Waals surface area contributed by atoms with Gasteiger partial charge in [0.05, 0.1) is 13.0 Å². The smallest absolute Gasteiger partial charge is 0.306 e. The van der Waals surface area contributed by atoms with Gasteiger partial charge in [0.15, 0.2) is 0 Å². The molecule has 6 nitrogen and oxygen atoms in total. The second kappa shape index (κ2) is 12.0. The lowest BCUT2D eigenvalue weighted by atomic mass is 9.82. The van der Waals surface area contributed by atoms with Gasteiger partial charge in [0.1, 0.15) is 17.7 Å². The number of nitrogens with zero attached hydrogens (tertiary/aromatic N) is 2. The Hall–Kier alpha value is -3.45. The first-order valence-corrected chi connectivity index (χ1v) is 14.4. The number of hydrogen-bond acceptors (Lipinski definition) is 5. The summed E-state index contributed by atoms with van der Waals surface area (Å²) in [7, 11) is 1.57. The van der Waals surface area contributed by atoms with Crippen LogP contribution in [0, 0.1) is 17.7 Å². The minimum Gasteiger partial charge on any atom is -0.485 e. The average molecular weight is 547 g/mol. The second-order valence-electron chi connectivity index (χ2n) is 11.1. The highest BCUT2D eigenvalue weighted by molar-refractivity contribution is 5.71. The van der Waals surface area contributed by atoms with Crippen LogP contribution in [-0.2, 0) is 17.8 Å². The molecule has 40 heavy (non-hydrogen) atoms. The van der Waals surface area contributed by atoms with Gasteiger partial charge in [-0.1, -0.05) is 32.9 Å². The molecule has 1 aliphatic heterocycles. The van der Waals surface area contributed by atoms with Crippen molar-refractivity contribution in [3.8, 4) is 22.8 Å². The van der Waals surface area contributed by atoms with Gasteiger partial charge in [-0.05, 0) is 103 Å². The molecule has 0 spiro atoms. The van der Waals surface area contributed by atoms with Crippen molar-refractivity contribution < 1.29 is 23.8 Å². The van der Waals surface area contributed by atoms with Crippen LogP contribution < -0.4 is 9.47 Å². The summed E-state index contributed by atoms with van der Waals surface area (Å²) in [6.45, 7) is 8.50. The van der Waals surface area contributed by atoms with Gasteiger partial charge in [-0.25, -0.2) is 9.37 Å². The fraction of sp³-hybridized carbons (Fsp3) is 0.455. The molecule has 0 saturated heterocycles. The zero-order chi connectivity index (χ0) is 28.4. The Balaban J connectivity index is 1.49. The first-order chi connectivity index (χ1) is 19.3. The largest absolute Gasteiger partial charge is 0.485 e. The Bertz CT molecular complexity index is 1370. The van der Waals surface area contributed by atoms with Crippen LogP contribution in [-0.4, -0.2) is 41.2 Å². The van der Waals surface area contributed by atoms with Crippen LogP contribution in [0.3, 0.4) is 0 Å². The molecule has 1 unspecified atom stereocenters. The summed E-state index contributed by atoms with van der Waals surface area (Å²) in [5.74, 6) is 0.0375. The van der Waals surface area contributed by atoms with Crippen LogP contribution in [0.5, 0.6) is 11.6 Å². The maximum atomic E-state index is 15.9. The summed E-state index contributed by atoms with van der Waals surface area (Å²) in [6, 6.07) is 13.4. The highest BCUT2D eigenvalue weighted by Crippen LogP contribution is 2.48. The van der Waals surface area contributed by atoms with Crippen molar-refractivity contribution in [2.45, 2.75) is 65.0 Å². The Kier molecular flexibility index (Phi) is 8.40. The Morgan fingerprint density at radius 1 is 1.15 bits per heavy atom. The molecule has 0 bridgehead atoms. The van der Waals surface area contributed by atoms with E-state index in [9.17, 15) is 9.90 Å². The molecule has 2 aliphatic rings. The molecule has 2 aromatic carbocycles. The van der Waals surface area contributed by atoms with E-state index in [0.29, 0.717) is 30.3 Å². The number of methoxy groups -OCH3 is 1. The van der Waals surface area contributed by atoms with Crippen molar-refractivity contribution in [2.75, 3.05) is 20.2 Å². The lowest BCUT2D eigenvalue weighted by Crippen LogP contribution is -2.23. The molecule has 212 valence electrons. The quantitative estimate of drug-likeness (QED) is 0.279. The molecule has 3 aromatic rings. The molecule has 1 aliphatic carbocycles. The monoisotopic (exact) mass is 546 g/mol. The molecule has 1 N–H and O–H groups in total. The van der Waals surface area contributed by atoms with E-state index in [1.165, 1.54) is 0 Å². The highest BCUT2D eigenvalue weighted by Gasteiger charge is 2.39. The van der Waals surface area contributed by atoms with Crippen LogP contribution in [0.1, 0.15) is 74.3 Å². The van der Waals surface area contributed by atoms with Gasteiger partial charge in [0, 0.05) is 24.4 Å². The van der Waals surface area contributed by atoms with E-state index in [1.54, 1.807) is 26.3 Å². The average Bonchev–Trinajstić information content (AvgIpc) is 3.81. The Morgan fingerprint density at radius 3 is 2.60 bits per heavy atom. The van der Waals surface area contributed by atoms with E-state index < -0.39 is 18.0 Å². The van der Waals surface area contributed by atoms with E-state index in [-0.39, 0.29) is 11.7 Å². The predicted octanol–water partition coefficient (Wildman–Crippen LogP) is 7.02. The predicted molar refractivity (Wildman–Crippen MR) is 153 cm³/mol. The SMILES string of the molecule is CCN(CC)Cc1cc(C2CCc3ccc([C@H](C4CC4)[C@H](C)C(=O)O)cc3O2)c(F)cc1-c1ccnc(OC)c1. The molecule has 1 aromatic heterocycles. The summed E-state index contributed by atoms with van der Waals surface area (Å²) in [5.41, 5.74) is 5.35. The standard InChI is InChI=1S/C33H39FN2O4/c1-5-36(6-2)19-25-15-27(28(34)18-26(25)23-13-14-35-31(17-23)39-4)29-12-11-21-7-10-24(16-30(21)40-29)32(22-8-9-22)20(3)33(37)38/h7,10,13-18,20,22,29,32H,5-6,8-9,11-12,19H2,1-4H3,(H,37,38)/t20-,29?,32-/m0/s1. The van der Waals surface area contributed by atoms with Gasteiger partial charge in [0.2, 0.25) is 5.88 Å². The van der Waals surface area contributed by atoms with Crippen LogP contribution >= 0.6 is 0 Å². The number of benzene rings is 2. The number of aliphatic carboxylic acids is 1. The zero-order valence-corrected chi connectivity index (χ0v) is 23.8. The van der Waals surface area contributed by atoms with E-state index in [1.807, 2.05) is 24.3 Å². The van der Waals surface area contributed by atoms with Crippen molar-refractivity contribution in [3.63, 3.8) is 0 Å². The van der Waals surface area contributed by atoms with Crippen molar-refractivity contribution in [1.29, 1.82) is 0 Å². The number of halogens is 1. The van der Waals surface area contributed by atoms with Crippen molar-refractivity contribution >= 4 is 5.97 Å². The molecular weight excluding hydrogens is 507 g/mol. The fourth-order valence-electron chi connectivity index (χ4n) is 6.05. The van der Waals surface area contributed by atoms with Crippen LogP contribution in [0.15, 0.2) is 48.7 Å². The van der Waals surface area contributed by atoms with Crippen LogP contribution in [0.4, 0.5) is 4.39 Å². The number of aryl methyl sites for hydroxylation is 1. The highest BCUT2D eigenvalue weighted by atomic mass is 19.1. The number of ether oxygens (including phenoxy) is 2. The number of pyridine rings is 1. The number of carbonyl (C=O) groups is 1. The molecule has 3 atom stereocenters. The Morgan fingerprint density at radius 2 is 1.93 bits per heavy atom. The first kappa shape index (κ1) is 28.1. The van der Waals surface area contributed by atoms with Gasteiger partial charge < -0.3 is 14.6 Å². The number of aromatic nitrogens is 1. The third kappa shape index (κ3) is 5.85. The second-order valence-corrected chi connectivity index (χ2v) is 11.1. The van der Waals surface area contributed by atoms with Gasteiger partial charge in [-0.15, -0.1) is 0 Å². The summed E-state index contributed by atoms with van der Waals surface area (Å²) in [5, 5.41) is 9.72. The number of carboxylic acid groups (broad SMARTS) is 1. The molecule has 0 amide bonds. The molecule has 2 heterocycles. The first-order valence-electron chi connectivity index (χ1n) is 14.4. The molecule has 1 fully saturated rings. The summed E-state index contributed by atoms with van der Waals surface area (Å²) in [6.07, 6.45) is 4.82. The van der Waals surface area contributed by atoms with Crippen molar-refractivity contribution in [3.05, 3.63) is 76.7 Å². The van der Waals surface area contributed by atoms with Crippen molar-refractivity contribution in [2.24, 2.45) is 11.8 Å². The number of carboxylic acids is 1. The van der Waals surface area contributed by atoms with Crippen LogP contribution in [0.2, 0.25) is 0 Å². The maximum absolute atomic E-state index is 15.9. The van der Waals surface area contributed by atoms with E-state index in [2.05, 4.69) is 35.9 Å². The van der Waals surface area contributed by atoms with E-state index >= 15 is 4.39 Å². The molecular formula is C33H39FN2O4. The zero-order valence-electron chi connectivity index (χ0n) is 23.8. The van der Waals surface area contributed by atoms with Gasteiger partial charge in [-0.3, -0.25) is 9.69 Å². The van der Waals surface area contributed by atoms with E-state index in [0.717, 1.165) is 65.9 Å². The minimum atomic E-state index is -0.775. The van der Waals surface area contributed by atoms with Gasteiger partial charge in [0.25, 0.3) is 0 Å². The number of rotatable bonds is 11. The summed E-state index contributed by atoms with van der Waals surface area (Å²) < 4.78 is 27.7. The Labute approximate surface area is 236 Å². The molecule has 5 rings (SSSR count). The third-order valence-electron chi connectivity index (χ3n) is 8.59. The molecule has 0 radical (unpaired) electrons. The van der Waals surface area contributed by atoms with Crippen molar-refractivity contribution in [1.82, 2.24) is 9.88 Å². The fourth-order valence-corrected chi connectivity index (χ4v) is 6.05. The number of fused-ring (bicyclic) bond motifs is 1. The summed E-state index contributed by atoms with van der Waals surface area (Å²) >= 11 is 0. The van der Waals surface area contributed by atoms with Crippen LogP contribution in [0.25, 0.3) is 11.1 Å². The van der Waals surface area contributed by atoms with Gasteiger partial charge >= 0.3 is 5.97 Å². The molecule has 7 heteroatoms. The van der Waals surface area contributed by atoms with Gasteiger partial charge in [-0.2, -0.15) is 0 Å². The maximum Gasteiger partial charge on any atom is 0.306 e. The van der Waals surface area contributed by atoms with E-state index in [4.69, 9.17) is 9.47 Å². The minimum absolute atomic E-state index is 0.0409. The lowest BCUT2D eigenvalue weighted by molar-refractivity contribution is -0.142.